The summed E-state index contributed by atoms with van der Waals surface area (Å²) in [5.74, 6) is 1.38. The van der Waals surface area contributed by atoms with Crippen molar-refractivity contribution in [1.82, 2.24) is 24.4 Å². The molecule has 2 aromatic rings. The standard InChI is InChI=1S/C16H19ClFN5O2S.ClH/c17-12-7-13(18)9-14(8-12)26(24,25)22-4-1-11(2-5-22)16-21-20-15-10-19-3-6-23(15)16;/h7-9,11,19H,1-6,10H2;1H. The fourth-order valence-electron chi connectivity index (χ4n) is 3.60. The van der Waals surface area contributed by atoms with Gasteiger partial charge in [0.15, 0.2) is 0 Å². The lowest BCUT2D eigenvalue weighted by atomic mass is 9.97. The van der Waals surface area contributed by atoms with Gasteiger partial charge in [-0.3, -0.25) is 0 Å². The number of sulfonamides is 1. The van der Waals surface area contributed by atoms with Gasteiger partial charge in [0.2, 0.25) is 10.0 Å². The zero-order valence-corrected chi connectivity index (χ0v) is 16.8. The largest absolute Gasteiger partial charge is 0.312 e. The Kier molecular flexibility index (Phi) is 6.07. The summed E-state index contributed by atoms with van der Waals surface area (Å²) in [5, 5.41) is 11.9. The molecule has 1 N–H and O–H groups in total. The van der Waals surface area contributed by atoms with Crippen LogP contribution in [0.1, 0.15) is 30.4 Å². The van der Waals surface area contributed by atoms with Crippen LogP contribution in [0.2, 0.25) is 5.02 Å². The van der Waals surface area contributed by atoms with Crippen LogP contribution < -0.4 is 5.32 Å². The van der Waals surface area contributed by atoms with Gasteiger partial charge in [-0.25, -0.2) is 12.8 Å². The minimum absolute atomic E-state index is 0. The van der Waals surface area contributed by atoms with E-state index in [-0.39, 0.29) is 28.2 Å². The first-order valence-electron chi connectivity index (χ1n) is 8.54. The van der Waals surface area contributed by atoms with E-state index < -0.39 is 15.8 Å². The molecule has 1 aromatic heterocycles. The molecule has 1 saturated heterocycles. The maximum Gasteiger partial charge on any atom is 0.243 e. The van der Waals surface area contributed by atoms with E-state index in [1.54, 1.807) is 0 Å². The van der Waals surface area contributed by atoms with Crippen LogP contribution in [0.3, 0.4) is 0 Å². The molecule has 0 amide bonds. The third-order valence-corrected chi connectivity index (χ3v) is 7.04. The fraction of sp³-hybridized carbons (Fsp3) is 0.500. The normalized spacial score (nSPS) is 18.7. The maximum absolute atomic E-state index is 13.5. The Hall–Kier alpha value is -1.26. The summed E-state index contributed by atoms with van der Waals surface area (Å²) in [7, 11) is -3.76. The van der Waals surface area contributed by atoms with Crippen LogP contribution in [0.15, 0.2) is 23.1 Å². The highest BCUT2D eigenvalue weighted by Gasteiger charge is 2.33. The van der Waals surface area contributed by atoms with E-state index in [0.717, 1.165) is 36.9 Å². The number of hydrogen-bond donors (Lipinski definition) is 1. The zero-order chi connectivity index (χ0) is 18.3. The quantitative estimate of drug-likeness (QED) is 0.798. The van der Waals surface area contributed by atoms with Crippen LogP contribution in [-0.4, -0.2) is 47.1 Å². The van der Waals surface area contributed by atoms with Gasteiger partial charge in [-0.05, 0) is 31.0 Å². The van der Waals surface area contributed by atoms with E-state index >= 15 is 0 Å². The molecule has 0 aliphatic carbocycles. The summed E-state index contributed by atoms with van der Waals surface area (Å²) in [5.41, 5.74) is 0. The highest BCUT2D eigenvalue weighted by molar-refractivity contribution is 7.89. The minimum atomic E-state index is -3.76. The first-order valence-corrected chi connectivity index (χ1v) is 10.4. The highest BCUT2D eigenvalue weighted by Crippen LogP contribution is 2.31. The Morgan fingerprint density at radius 3 is 2.59 bits per heavy atom. The Morgan fingerprint density at radius 1 is 1.15 bits per heavy atom. The van der Waals surface area contributed by atoms with Crippen molar-refractivity contribution in [3.8, 4) is 0 Å². The molecule has 0 unspecified atom stereocenters. The number of halogens is 3. The first-order chi connectivity index (χ1) is 12.4. The van der Waals surface area contributed by atoms with Gasteiger partial charge >= 0.3 is 0 Å². The van der Waals surface area contributed by atoms with Crippen LogP contribution in [0.4, 0.5) is 4.39 Å². The van der Waals surface area contributed by atoms with Crippen LogP contribution in [0.5, 0.6) is 0 Å². The summed E-state index contributed by atoms with van der Waals surface area (Å²) < 4.78 is 42.6. The van der Waals surface area contributed by atoms with Gasteiger partial charge in [0.05, 0.1) is 11.4 Å². The molecule has 0 atom stereocenters. The van der Waals surface area contributed by atoms with Crippen molar-refractivity contribution in [2.45, 2.75) is 36.7 Å². The molecule has 11 heteroatoms. The lowest BCUT2D eigenvalue weighted by Gasteiger charge is -2.31. The molecule has 0 saturated carbocycles. The fourth-order valence-corrected chi connectivity index (χ4v) is 5.41. The smallest absolute Gasteiger partial charge is 0.243 e. The molecule has 4 rings (SSSR count). The molecule has 3 heterocycles. The van der Waals surface area contributed by atoms with E-state index in [2.05, 4.69) is 20.1 Å². The Bertz CT molecular complexity index is 909. The van der Waals surface area contributed by atoms with E-state index in [0.29, 0.717) is 32.5 Å². The highest BCUT2D eigenvalue weighted by atomic mass is 35.5. The van der Waals surface area contributed by atoms with Gasteiger partial charge in [0.1, 0.15) is 17.5 Å². The molecule has 7 nitrogen and oxygen atoms in total. The van der Waals surface area contributed by atoms with Gasteiger partial charge in [-0.1, -0.05) is 11.6 Å². The molecule has 148 valence electrons. The minimum Gasteiger partial charge on any atom is -0.312 e. The predicted molar refractivity (Wildman–Crippen MR) is 101 cm³/mol. The van der Waals surface area contributed by atoms with E-state index in [4.69, 9.17) is 11.6 Å². The Morgan fingerprint density at radius 2 is 1.89 bits per heavy atom. The number of benzene rings is 1. The second kappa shape index (κ2) is 8.00. The number of aromatic nitrogens is 3. The van der Waals surface area contributed by atoms with Gasteiger partial charge in [0.25, 0.3) is 0 Å². The van der Waals surface area contributed by atoms with Gasteiger partial charge in [0, 0.05) is 37.1 Å². The average Bonchev–Trinajstić information content (AvgIpc) is 3.05. The number of piperidine rings is 1. The van der Waals surface area contributed by atoms with Crippen molar-refractivity contribution in [2.75, 3.05) is 19.6 Å². The average molecular weight is 436 g/mol. The summed E-state index contributed by atoms with van der Waals surface area (Å²) >= 11 is 5.81. The summed E-state index contributed by atoms with van der Waals surface area (Å²) in [6, 6.07) is 3.39. The molecule has 0 radical (unpaired) electrons. The monoisotopic (exact) mass is 435 g/mol. The van der Waals surface area contributed by atoms with Crippen LogP contribution in [0, 0.1) is 5.82 Å². The maximum atomic E-state index is 13.5. The number of nitrogens with zero attached hydrogens (tertiary/aromatic N) is 4. The van der Waals surface area contributed by atoms with Crippen LogP contribution >= 0.6 is 24.0 Å². The molecule has 2 aliphatic heterocycles. The number of rotatable bonds is 3. The number of fused-ring (bicyclic) bond motifs is 1. The topological polar surface area (TPSA) is 80.1 Å². The molecule has 27 heavy (non-hydrogen) atoms. The van der Waals surface area contributed by atoms with Gasteiger partial charge in [-0.2, -0.15) is 4.31 Å². The van der Waals surface area contributed by atoms with Crippen molar-refractivity contribution in [1.29, 1.82) is 0 Å². The lowest BCUT2D eigenvalue weighted by Crippen LogP contribution is -2.39. The number of nitrogens with one attached hydrogen (secondary N) is 1. The second-order valence-corrected chi connectivity index (χ2v) is 8.96. The SMILES string of the molecule is Cl.O=S(=O)(c1cc(F)cc(Cl)c1)N1CCC(c2nnc3n2CCNC3)CC1. The van der Waals surface area contributed by atoms with E-state index in [9.17, 15) is 12.8 Å². The first kappa shape index (κ1) is 20.5. The van der Waals surface area contributed by atoms with Crippen molar-refractivity contribution in [3.63, 3.8) is 0 Å². The van der Waals surface area contributed by atoms with Crippen LogP contribution in [-0.2, 0) is 23.1 Å². The summed E-state index contributed by atoms with van der Waals surface area (Å²) in [4.78, 5) is -0.105. The second-order valence-electron chi connectivity index (χ2n) is 6.59. The molecule has 2 aliphatic rings. The molecule has 0 bridgehead atoms. The summed E-state index contributed by atoms with van der Waals surface area (Å²) in [6.07, 6.45) is 1.32. The van der Waals surface area contributed by atoms with Gasteiger partial charge < -0.3 is 9.88 Å². The zero-order valence-electron chi connectivity index (χ0n) is 14.4. The molecular formula is C16H20Cl2FN5O2S. The lowest BCUT2D eigenvalue weighted by molar-refractivity contribution is 0.307. The predicted octanol–water partition coefficient (Wildman–Crippen LogP) is 2.16. The molecule has 0 spiro atoms. The van der Waals surface area contributed by atoms with Crippen LogP contribution in [0.25, 0.3) is 0 Å². The van der Waals surface area contributed by atoms with E-state index in [1.807, 2.05) is 0 Å². The third-order valence-electron chi connectivity index (χ3n) is 4.94. The van der Waals surface area contributed by atoms with Crippen molar-refractivity contribution in [3.05, 3.63) is 40.7 Å². The molecular weight excluding hydrogens is 416 g/mol. The molecule has 1 aromatic carbocycles. The molecule has 1 fully saturated rings. The third kappa shape index (κ3) is 3.97. The van der Waals surface area contributed by atoms with Crippen molar-refractivity contribution >= 4 is 34.0 Å². The van der Waals surface area contributed by atoms with Crippen molar-refractivity contribution in [2.24, 2.45) is 0 Å². The Balaban J connectivity index is 0.00000210. The van der Waals surface area contributed by atoms with E-state index in [1.165, 1.54) is 10.4 Å². The summed E-state index contributed by atoms with van der Waals surface area (Å²) in [6.45, 7) is 3.15. The Labute approximate surface area is 168 Å². The van der Waals surface area contributed by atoms with Gasteiger partial charge in [-0.15, -0.1) is 22.6 Å². The van der Waals surface area contributed by atoms with Crippen molar-refractivity contribution < 1.29 is 12.8 Å². The number of hydrogen-bond acceptors (Lipinski definition) is 5.